The Kier molecular flexibility index (Phi) is 10.7. The Balaban J connectivity index is 1.01. The molecule has 2 aromatic rings. The van der Waals surface area contributed by atoms with Crippen LogP contribution in [-0.2, 0) is 23.9 Å². The summed E-state index contributed by atoms with van der Waals surface area (Å²) < 4.78 is 12.0. The average Bonchev–Trinajstić information content (AvgIpc) is 3.75. The van der Waals surface area contributed by atoms with E-state index in [4.69, 9.17) is 9.15 Å². The second kappa shape index (κ2) is 14.8. The van der Waals surface area contributed by atoms with E-state index in [-0.39, 0.29) is 69.6 Å². The number of carboxylic acid groups (broad SMARTS) is 1. The predicted octanol–water partition coefficient (Wildman–Crippen LogP) is 9.06. The largest absolute Gasteiger partial charge is 0.481 e. The number of amides is 2. The van der Waals surface area contributed by atoms with E-state index in [1.807, 2.05) is 13.8 Å². The number of Topliss-reactive ketones (excluding diaryl/α,β-unsaturated/α-hetero) is 1. The Morgan fingerprint density at radius 2 is 1.52 bits per heavy atom. The van der Waals surface area contributed by atoms with Crippen LogP contribution in [0.2, 0.25) is 0 Å². The number of benzene rings is 1. The van der Waals surface area contributed by atoms with Crippen LogP contribution in [0.1, 0.15) is 157 Å². The van der Waals surface area contributed by atoms with E-state index in [1.165, 1.54) is 0 Å². The molecule has 6 aliphatic carbocycles. The van der Waals surface area contributed by atoms with Gasteiger partial charge in [-0.1, -0.05) is 62.3 Å². The number of rotatable bonds is 9. The van der Waals surface area contributed by atoms with E-state index < -0.39 is 34.3 Å². The number of nitrogens with zero attached hydrogens (tertiary/aromatic N) is 2. The van der Waals surface area contributed by atoms with E-state index >= 15 is 0 Å². The second-order valence-corrected chi connectivity index (χ2v) is 23.3. The third-order valence-electron chi connectivity index (χ3n) is 18.7. The van der Waals surface area contributed by atoms with Gasteiger partial charge in [-0.2, -0.15) is 0 Å². The molecule has 0 bridgehead atoms. The highest BCUT2D eigenvalue weighted by molar-refractivity contribution is 6.03. The Morgan fingerprint density at radius 3 is 2.13 bits per heavy atom. The number of carbonyl (C=O) groups excluding carboxylic acids is 4. The highest BCUT2D eigenvalue weighted by atomic mass is 16.5. The number of carbonyl (C=O) groups is 5. The van der Waals surface area contributed by atoms with Gasteiger partial charge in [-0.25, -0.2) is 0 Å². The number of nitrogens with one attached hydrogen (secondary N) is 2. The lowest BCUT2D eigenvalue weighted by atomic mass is 9.33. The number of aryl methyl sites for hydroxylation is 1. The summed E-state index contributed by atoms with van der Waals surface area (Å²) in [5.41, 5.74) is -0.0789. The van der Waals surface area contributed by atoms with Crippen LogP contribution in [0.3, 0.4) is 0 Å². The van der Waals surface area contributed by atoms with Gasteiger partial charge in [0.2, 0.25) is 17.7 Å². The molecule has 63 heavy (non-hydrogen) atoms. The summed E-state index contributed by atoms with van der Waals surface area (Å²) in [4.78, 5) is 67.9. The first-order chi connectivity index (χ1) is 29.2. The van der Waals surface area contributed by atoms with Crippen molar-refractivity contribution in [1.29, 1.82) is 0 Å². The van der Waals surface area contributed by atoms with Crippen LogP contribution >= 0.6 is 0 Å². The van der Waals surface area contributed by atoms with E-state index in [1.54, 1.807) is 45.0 Å². The predicted molar refractivity (Wildman–Crippen MR) is 237 cm³/mol. The lowest BCUT2D eigenvalue weighted by Crippen LogP contribution is -2.68. The minimum absolute atomic E-state index is 0.00141. The molecule has 5 fully saturated rings. The summed E-state index contributed by atoms with van der Waals surface area (Å²) in [7, 11) is 0. The topological polar surface area (TPSA) is 178 Å². The molecule has 5 saturated carbocycles. The zero-order chi connectivity index (χ0) is 46.0. The van der Waals surface area contributed by atoms with E-state index in [0.717, 1.165) is 56.1 Å². The van der Waals surface area contributed by atoms with E-state index in [2.05, 4.69) is 69.3 Å². The number of carboxylic acids is 1. The Bertz CT molecular complexity index is 2270. The molecule has 1 aromatic carbocycles. The third kappa shape index (κ3) is 6.75. The summed E-state index contributed by atoms with van der Waals surface area (Å²) in [6.07, 6.45) is 7.54. The maximum atomic E-state index is 14.5. The first-order valence-corrected chi connectivity index (χ1v) is 23.5. The number of aliphatic carboxylic acids is 1. The van der Waals surface area contributed by atoms with Gasteiger partial charge in [0, 0.05) is 29.9 Å². The standard InChI is InChI=1S/C51H70N4O8/c1-27(2)38-34(56)26-51(53-44(61)47(8,9)52-40(57)29-13-15-30(16-14-29)41-55-54-28(3)62-41)24-23-49(11)31(39(38)51)17-18-36-48(10)21-20-37(46(6,7)35(48)19-22-50(36,49)12)63-43(60)33-25-32(42(58)59)45(33,4)5/h13-16,27,31-33,35-37H,17-26H2,1-12H3,(H,52,57)(H,53,61)(H,58,59)/t31-,32+,33-,35+,36-,37+,48+,49-,50-,51-/m1/s1. The monoisotopic (exact) mass is 867 g/mol. The van der Waals surface area contributed by atoms with Gasteiger partial charge in [-0.05, 0) is 152 Å². The van der Waals surface area contributed by atoms with Crippen molar-refractivity contribution in [1.82, 2.24) is 20.8 Å². The van der Waals surface area contributed by atoms with Crippen molar-refractivity contribution in [3.8, 4) is 11.5 Å². The van der Waals surface area contributed by atoms with Gasteiger partial charge in [0.15, 0.2) is 5.78 Å². The highest BCUT2D eigenvalue weighted by Crippen LogP contribution is 2.76. The SMILES string of the molecule is Cc1nnc(-c2ccc(C(=O)NC(C)(C)C(=O)N[C@@]34CC[C@]5(C)[C@H](CC[C@@H]6[C@@]7(C)CC[C@H](OC(=O)[C@H]8C[C@@H](C(=O)O)C8(C)C)C(C)(C)[C@@H]7CC[C@]65C)C3=C(C(C)C)C(=O)C4)cc2)o1. The third-order valence-corrected chi connectivity index (χ3v) is 18.7. The van der Waals surface area contributed by atoms with Crippen LogP contribution < -0.4 is 10.6 Å². The molecule has 8 rings (SSSR count). The maximum Gasteiger partial charge on any atom is 0.309 e. The zero-order valence-electron chi connectivity index (χ0n) is 39.6. The average molecular weight is 867 g/mol. The van der Waals surface area contributed by atoms with Crippen molar-refractivity contribution in [2.24, 2.45) is 62.6 Å². The molecule has 0 aliphatic heterocycles. The summed E-state index contributed by atoms with van der Waals surface area (Å²) in [5.74, 6) is -0.962. The number of ether oxygens (including phenoxy) is 1. The van der Waals surface area contributed by atoms with Crippen LogP contribution in [0.4, 0.5) is 0 Å². The maximum absolute atomic E-state index is 14.5. The minimum Gasteiger partial charge on any atom is -0.481 e. The van der Waals surface area contributed by atoms with Crippen molar-refractivity contribution < 1.29 is 38.2 Å². The fraction of sp³-hybridized carbons (Fsp3) is 0.706. The van der Waals surface area contributed by atoms with Gasteiger partial charge >= 0.3 is 11.9 Å². The fourth-order valence-corrected chi connectivity index (χ4v) is 14.9. The van der Waals surface area contributed by atoms with Gasteiger partial charge in [-0.15, -0.1) is 10.2 Å². The van der Waals surface area contributed by atoms with Gasteiger partial charge in [-0.3, -0.25) is 24.0 Å². The number of aromatic nitrogens is 2. The van der Waals surface area contributed by atoms with Gasteiger partial charge in [0.25, 0.3) is 5.91 Å². The molecule has 0 radical (unpaired) electrons. The molecule has 0 saturated heterocycles. The molecule has 12 heteroatoms. The molecule has 0 spiro atoms. The van der Waals surface area contributed by atoms with Crippen molar-refractivity contribution >= 4 is 29.5 Å². The van der Waals surface area contributed by atoms with Gasteiger partial charge in [0.05, 0.1) is 17.4 Å². The molecule has 0 unspecified atom stereocenters. The van der Waals surface area contributed by atoms with Crippen LogP contribution in [-0.4, -0.2) is 62.0 Å². The molecule has 1 heterocycles. The van der Waals surface area contributed by atoms with Crippen LogP contribution in [0.15, 0.2) is 39.8 Å². The van der Waals surface area contributed by atoms with Crippen molar-refractivity contribution in [2.45, 2.75) is 164 Å². The molecule has 10 atom stereocenters. The van der Waals surface area contributed by atoms with E-state index in [0.29, 0.717) is 47.6 Å². The summed E-state index contributed by atoms with van der Waals surface area (Å²) in [5, 5.41) is 24.1. The molecule has 1 aromatic heterocycles. The first kappa shape index (κ1) is 45.2. The number of fused-ring (bicyclic) bond motifs is 7. The molecular weight excluding hydrogens is 797 g/mol. The molecular formula is C51H70N4O8. The summed E-state index contributed by atoms with van der Waals surface area (Å²) in [6, 6.07) is 6.83. The highest BCUT2D eigenvalue weighted by Gasteiger charge is 2.71. The van der Waals surface area contributed by atoms with Crippen LogP contribution in [0.5, 0.6) is 0 Å². The van der Waals surface area contributed by atoms with E-state index in [9.17, 15) is 29.1 Å². The number of hydrogen-bond donors (Lipinski definition) is 3. The minimum atomic E-state index is -1.28. The van der Waals surface area contributed by atoms with Crippen LogP contribution in [0.25, 0.3) is 11.5 Å². The summed E-state index contributed by atoms with van der Waals surface area (Å²) in [6.45, 7) is 25.2. The quantitative estimate of drug-likeness (QED) is 0.206. The Hall–Kier alpha value is -4.35. The first-order valence-electron chi connectivity index (χ1n) is 23.5. The van der Waals surface area contributed by atoms with Crippen molar-refractivity contribution in [3.63, 3.8) is 0 Å². The lowest BCUT2D eigenvalue weighted by Gasteiger charge is -2.72. The lowest BCUT2D eigenvalue weighted by molar-refractivity contribution is -0.235. The fourth-order valence-electron chi connectivity index (χ4n) is 14.9. The second-order valence-electron chi connectivity index (χ2n) is 23.3. The van der Waals surface area contributed by atoms with Crippen molar-refractivity contribution in [3.05, 3.63) is 46.9 Å². The molecule has 2 amide bonds. The number of allylic oxidation sites excluding steroid dienone is 1. The van der Waals surface area contributed by atoms with Crippen LogP contribution in [0, 0.1) is 69.5 Å². The number of hydrogen-bond acceptors (Lipinski definition) is 9. The normalized spacial score (nSPS) is 36.6. The Morgan fingerprint density at radius 1 is 0.841 bits per heavy atom. The van der Waals surface area contributed by atoms with Gasteiger partial charge in [0.1, 0.15) is 11.6 Å². The Labute approximate surface area is 372 Å². The number of esters is 1. The molecule has 3 N–H and O–H groups in total. The smallest absolute Gasteiger partial charge is 0.309 e. The zero-order valence-corrected chi connectivity index (χ0v) is 39.6. The number of ketones is 1. The van der Waals surface area contributed by atoms with Gasteiger partial charge < -0.3 is 24.9 Å². The molecule has 6 aliphatic rings. The molecule has 12 nitrogen and oxygen atoms in total. The van der Waals surface area contributed by atoms with Crippen molar-refractivity contribution in [2.75, 3.05) is 0 Å². The summed E-state index contributed by atoms with van der Waals surface area (Å²) >= 11 is 0. The molecule has 342 valence electrons.